The minimum atomic E-state index is -0.491. The Bertz CT molecular complexity index is 1020. The number of ether oxygens (including phenoxy) is 1. The van der Waals surface area contributed by atoms with Gasteiger partial charge in [-0.25, -0.2) is 0 Å². The summed E-state index contributed by atoms with van der Waals surface area (Å²) < 4.78 is 5.35. The Hall–Kier alpha value is -3.72. The summed E-state index contributed by atoms with van der Waals surface area (Å²) in [7, 11) is 0. The van der Waals surface area contributed by atoms with E-state index in [1.165, 1.54) is 4.90 Å². The third kappa shape index (κ3) is 3.87. The summed E-state index contributed by atoms with van der Waals surface area (Å²) in [5, 5.41) is 8.87. The van der Waals surface area contributed by atoms with Gasteiger partial charge in [0, 0.05) is 6.54 Å². The van der Waals surface area contributed by atoms with Gasteiger partial charge in [0.05, 0.1) is 29.9 Å². The fraction of sp³-hybridized carbons (Fsp3) is 0.250. The Balaban J connectivity index is 1.32. The van der Waals surface area contributed by atoms with Crippen molar-refractivity contribution in [3.05, 3.63) is 66.2 Å². The fourth-order valence-electron chi connectivity index (χ4n) is 3.93. The van der Waals surface area contributed by atoms with E-state index in [0.717, 1.165) is 11.1 Å². The Labute approximate surface area is 174 Å². The van der Waals surface area contributed by atoms with E-state index in [0.29, 0.717) is 24.2 Å². The number of nitriles is 1. The predicted octanol–water partition coefficient (Wildman–Crippen LogP) is 3.47. The third-order valence-corrected chi connectivity index (χ3v) is 5.57. The number of hydrogen-bond donors (Lipinski definition) is 0. The number of amides is 2. The minimum Gasteiger partial charge on any atom is -0.426 e. The number of carbonyl (C=O) groups is 3. The van der Waals surface area contributed by atoms with Crippen LogP contribution in [0.2, 0.25) is 0 Å². The van der Waals surface area contributed by atoms with Gasteiger partial charge in [-0.15, -0.1) is 0 Å². The van der Waals surface area contributed by atoms with Gasteiger partial charge in [0.15, 0.2) is 0 Å². The van der Waals surface area contributed by atoms with Crippen LogP contribution in [-0.4, -0.2) is 29.2 Å². The van der Waals surface area contributed by atoms with Crippen molar-refractivity contribution < 1.29 is 19.1 Å². The summed E-state index contributed by atoms with van der Waals surface area (Å²) in [6, 6.07) is 16.3. The molecule has 30 heavy (non-hydrogen) atoms. The van der Waals surface area contributed by atoms with Crippen molar-refractivity contribution in [1.29, 1.82) is 5.26 Å². The number of likely N-dealkylation sites (tertiary alicyclic amines) is 1. The van der Waals surface area contributed by atoms with Gasteiger partial charge < -0.3 is 4.74 Å². The second-order valence-electron chi connectivity index (χ2n) is 7.42. The zero-order valence-electron chi connectivity index (χ0n) is 16.3. The highest BCUT2D eigenvalue weighted by molar-refractivity contribution is 6.05. The highest BCUT2D eigenvalue weighted by atomic mass is 16.5. The van der Waals surface area contributed by atoms with Crippen LogP contribution in [0.5, 0.6) is 5.75 Å². The Kier molecular flexibility index (Phi) is 5.44. The molecule has 1 fully saturated rings. The molecule has 1 saturated heterocycles. The topological polar surface area (TPSA) is 87.5 Å². The van der Waals surface area contributed by atoms with E-state index in [4.69, 9.17) is 10.00 Å². The number of esters is 1. The maximum Gasteiger partial charge on any atom is 0.312 e. The van der Waals surface area contributed by atoms with Crippen LogP contribution in [0.1, 0.15) is 24.8 Å². The van der Waals surface area contributed by atoms with E-state index in [-0.39, 0.29) is 36.6 Å². The van der Waals surface area contributed by atoms with Crippen molar-refractivity contribution >= 4 is 17.8 Å². The van der Waals surface area contributed by atoms with Gasteiger partial charge in [-0.3, -0.25) is 19.3 Å². The van der Waals surface area contributed by atoms with Gasteiger partial charge in [-0.1, -0.05) is 36.4 Å². The van der Waals surface area contributed by atoms with Gasteiger partial charge in [-0.05, 0) is 48.2 Å². The fourth-order valence-corrected chi connectivity index (χ4v) is 3.93. The van der Waals surface area contributed by atoms with Crippen LogP contribution in [-0.2, 0) is 14.4 Å². The first-order chi connectivity index (χ1) is 14.6. The van der Waals surface area contributed by atoms with Crippen LogP contribution in [0, 0.1) is 23.2 Å². The largest absolute Gasteiger partial charge is 0.426 e. The lowest BCUT2D eigenvalue weighted by atomic mass is 9.85. The van der Waals surface area contributed by atoms with Gasteiger partial charge >= 0.3 is 5.97 Å². The molecule has 2 aliphatic rings. The first kappa shape index (κ1) is 19.6. The Morgan fingerprint density at radius 3 is 2.00 bits per heavy atom. The van der Waals surface area contributed by atoms with Crippen molar-refractivity contribution in [2.45, 2.75) is 19.3 Å². The number of fused-ring (bicyclic) bond motifs is 1. The molecule has 1 heterocycles. The number of nitrogens with zero attached hydrogens (tertiary/aromatic N) is 2. The normalized spacial score (nSPS) is 20.0. The second-order valence-corrected chi connectivity index (χ2v) is 7.42. The lowest BCUT2D eigenvalue weighted by Crippen LogP contribution is -2.33. The van der Waals surface area contributed by atoms with E-state index < -0.39 is 5.97 Å². The number of carbonyl (C=O) groups excluding carboxylic acids is 3. The van der Waals surface area contributed by atoms with Crippen molar-refractivity contribution in [1.82, 2.24) is 4.90 Å². The molecule has 2 amide bonds. The van der Waals surface area contributed by atoms with Gasteiger partial charge in [-0.2, -0.15) is 5.26 Å². The van der Waals surface area contributed by atoms with Crippen LogP contribution in [0.4, 0.5) is 0 Å². The summed E-state index contributed by atoms with van der Waals surface area (Å²) in [5.41, 5.74) is 2.48. The molecule has 4 rings (SSSR count). The number of hydrogen-bond acceptors (Lipinski definition) is 5. The lowest BCUT2D eigenvalue weighted by molar-refractivity contribution is -0.141. The quantitative estimate of drug-likeness (QED) is 0.332. The smallest absolute Gasteiger partial charge is 0.312 e. The van der Waals surface area contributed by atoms with E-state index in [1.807, 2.05) is 36.4 Å². The van der Waals surface area contributed by atoms with Crippen LogP contribution in [0.15, 0.2) is 60.7 Å². The molecule has 6 heteroatoms. The zero-order chi connectivity index (χ0) is 21.1. The summed E-state index contributed by atoms with van der Waals surface area (Å²) in [4.78, 5) is 38.3. The predicted molar refractivity (Wildman–Crippen MR) is 109 cm³/mol. The Morgan fingerprint density at radius 2 is 1.47 bits per heavy atom. The first-order valence-corrected chi connectivity index (χ1v) is 9.88. The molecule has 2 aromatic carbocycles. The maximum atomic E-state index is 12.4. The van der Waals surface area contributed by atoms with Crippen LogP contribution in [0.25, 0.3) is 11.1 Å². The third-order valence-electron chi connectivity index (χ3n) is 5.57. The molecule has 2 aromatic rings. The number of imide groups is 1. The summed E-state index contributed by atoms with van der Waals surface area (Å²) in [6.07, 6.45) is 5.00. The lowest BCUT2D eigenvalue weighted by Gasteiger charge is -2.14. The van der Waals surface area contributed by atoms with Crippen molar-refractivity contribution in [3.63, 3.8) is 0 Å². The second kappa shape index (κ2) is 8.34. The molecule has 0 aromatic heterocycles. The van der Waals surface area contributed by atoms with E-state index in [2.05, 4.69) is 6.07 Å². The molecule has 2 atom stereocenters. The van der Waals surface area contributed by atoms with Crippen molar-refractivity contribution in [2.75, 3.05) is 6.54 Å². The van der Waals surface area contributed by atoms with Crippen LogP contribution in [0.3, 0.4) is 0 Å². The molecule has 0 N–H and O–H groups in total. The molecule has 150 valence electrons. The summed E-state index contributed by atoms with van der Waals surface area (Å²) in [5.74, 6) is -1.03. The average molecular weight is 400 g/mol. The van der Waals surface area contributed by atoms with E-state index in [1.54, 1.807) is 24.3 Å². The standard InChI is InChI=1S/C24H20N2O4/c25-15-16-5-7-17(8-6-16)18-9-11-19(12-10-18)30-22(27)13-14-26-23(28)20-3-1-2-4-21(20)24(26)29/h1-2,5-12,20-21H,3-4,13-14H2/t20-,21-/m1/s1. The number of allylic oxidation sites excluding steroid dienone is 2. The summed E-state index contributed by atoms with van der Waals surface area (Å²) >= 11 is 0. The van der Waals surface area contributed by atoms with Crippen LogP contribution < -0.4 is 4.74 Å². The molecule has 1 aliphatic carbocycles. The van der Waals surface area contributed by atoms with Crippen molar-refractivity contribution in [2.24, 2.45) is 11.8 Å². The monoisotopic (exact) mass is 400 g/mol. The van der Waals surface area contributed by atoms with E-state index in [9.17, 15) is 14.4 Å². The highest BCUT2D eigenvalue weighted by Crippen LogP contribution is 2.35. The minimum absolute atomic E-state index is 0.0400. The van der Waals surface area contributed by atoms with Crippen molar-refractivity contribution in [3.8, 4) is 22.9 Å². The van der Waals surface area contributed by atoms with Gasteiger partial charge in [0.2, 0.25) is 11.8 Å². The molecular formula is C24H20N2O4. The molecule has 0 spiro atoms. The SMILES string of the molecule is N#Cc1ccc(-c2ccc(OC(=O)CCN3C(=O)[C@@H]4CC=CC[C@H]4C3=O)cc2)cc1. The molecule has 0 radical (unpaired) electrons. The number of rotatable bonds is 5. The zero-order valence-corrected chi connectivity index (χ0v) is 16.3. The number of benzene rings is 2. The average Bonchev–Trinajstić information content (AvgIpc) is 3.03. The molecule has 6 nitrogen and oxygen atoms in total. The molecule has 0 bridgehead atoms. The molecular weight excluding hydrogens is 380 g/mol. The van der Waals surface area contributed by atoms with E-state index >= 15 is 0 Å². The first-order valence-electron chi connectivity index (χ1n) is 9.88. The maximum absolute atomic E-state index is 12.4. The highest BCUT2D eigenvalue weighted by Gasteiger charge is 2.46. The summed E-state index contributed by atoms with van der Waals surface area (Å²) in [6.45, 7) is 0.0484. The van der Waals surface area contributed by atoms with Crippen LogP contribution >= 0.6 is 0 Å². The molecule has 1 aliphatic heterocycles. The molecule has 0 saturated carbocycles. The molecule has 0 unspecified atom stereocenters. The van der Waals surface area contributed by atoms with Gasteiger partial charge in [0.25, 0.3) is 0 Å². The van der Waals surface area contributed by atoms with Gasteiger partial charge in [0.1, 0.15) is 5.75 Å². The Morgan fingerprint density at radius 1 is 0.933 bits per heavy atom.